The molecule has 0 heterocycles. The van der Waals surface area contributed by atoms with Gasteiger partial charge in [-0.25, -0.2) is 0 Å². The highest BCUT2D eigenvalue weighted by Crippen LogP contribution is 2.08. The second-order valence-corrected chi connectivity index (χ2v) is 3.46. The van der Waals surface area contributed by atoms with E-state index in [9.17, 15) is 4.79 Å². The van der Waals surface area contributed by atoms with Crippen LogP contribution < -0.4 is 5.73 Å². The lowest BCUT2D eigenvalue weighted by atomic mass is 10.0. The molecule has 0 saturated carbocycles. The molecule has 0 aliphatic carbocycles. The van der Waals surface area contributed by atoms with Gasteiger partial charge >= 0.3 is 0 Å². The smallest absolute Gasteiger partial charge is 0.217 e. The van der Waals surface area contributed by atoms with Gasteiger partial charge in [-0.1, -0.05) is 33.1 Å². The Bertz CT molecular complexity index is 115. The zero-order chi connectivity index (χ0) is 8.69. The van der Waals surface area contributed by atoms with Gasteiger partial charge in [0.25, 0.3) is 0 Å². The number of primary amides is 1. The number of carbonyl (C=O) groups excluding carboxylic acids is 1. The maximum atomic E-state index is 10.3. The van der Waals surface area contributed by atoms with E-state index in [4.69, 9.17) is 5.73 Å². The summed E-state index contributed by atoms with van der Waals surface area (Å²) in [6.07, 6.45) is 5.14. The van der Waals surface area contributed by atoms with Gasteiger partial charge in [-0.15, -0.1) is 0 Å². The Balaban J connectivity index is 0. The Morgan fingerprint density at radius 2 is 2.00 bits per heavy atom. The highest BCUT2D eigenvalue weighted by Gasteiger charge is 1.96. The van der Waals surface area contributed by atoms with Crippen LogP contribution in [0.15, 0.2) is 0 Å². The molecule has 2 heteroatoms. The van der Waals surface area contributed by atoms with E-state index in [1.165, 1.54) is 12.8 Å². The molecule has 2 N–H and O–H groups in total. The molecule has 2 nitrogen and oxygen atoms in total. The molecule has 0 aromatic heterocycles. The fourth-order valence-electron chi connectivity index (χ4n) is 1.03. The summed E-state index contributed by atoms with van der Waals surface area (Å²) in [5, 5.41) is 0. The maximum Gasteiger partial charge on any atom is 0.217 e. The molecule has 0 radical (unpaired) electrons. The molecule has 0 bridgehead atoms. The van der Waals surface area contributed by atoms with Gasteiger partial charge in [0.1, 0.15) is 0 Å². The van der Waals surface area contributed by atoms with Gasteiger partial charge in [-0.3, -0.25) is 4.79 Å². The van der Waals surface area contributed by atoms with Gasteiger partial charge in [0.05, 0.1) is 0 Å². The molecule has 0 aromatic rings. The first-order valence-electron chi connectivity index (χ1n) is 4.41. The Labute approximate surface area is 70.6 Å². The molecule has 0 fully saturated rings. The lowest BCUT2D eigenvalue weighted by Gasteiger charge is -2.02. The first kappa shape index (κ1) is 10.5. The van der Waals surface area contributed by atoms with Crippen LogP contribution in [0.4, 0.5) is 0 Å². The van der Waals surface area contributed by atoms with Crippen molar-refractivity contribution < 1.29 is 6.22 Å². The predicted octanol–water partition coefficient (Wildman–Crippen LogP) is 2.32. The Morgan fingerprint density at radius 3 is 2.45 bits per heavy atom. The molecule has 0 unspecified atom stereocenters. The van der Waals surface area contributed by atoms with Crippen LogP contribution in [0.5, 0.6) is 0 Å². The van der Waals surface area contributed by atoms with Crippen molar-refractivity contribution in [1.29, 1.82) is 0 Å². The fourth-order valence-corrected chi connectivity index (χ4v) is 1.03. The zero-order valence-corrected chi connectivity index (χ0v) is 7.60. The molecular weight excluding hydrogens is 138 g/mol. The van der Waals surface area contributed by atoms with Crippen LogP contribution in [0.3, 0.4) is 0 Å². The normalized spacial score (nSPS) is 10.5. The molecule has 11 heavy (non-hydrogen) atoms. The van der Waals surface area contributed by atoms with Gasteiger partial charge in [0.2, 0.25) is 5.91 Å². The molecule has 0 aliphatic heterocycles. The molecular formula is C9H21NO. The highest BCUT2D eigenvalue weighted by atomic mass is 16.1. The van der Waals surface area contributed by atoms with Crippen molar-refractivity contribution in [3.8, 4) is 0 Å². The van der Waals surface area contributed by atoms with E-state index in [0.29, 0.717) is 6.42 Å². The highest BCUT2D eigenvalue weighted by molar-refractivity contribution is 5.73. The minimum absolute atomic E-state index is 0. The predicted molar refractivity (Wildman–Crippen MR) is 49.2 cm³/mol. The number of nitrogens with two attached hydrogens (primary N) is 1. The van der Waals surface area contributed by atoms with Crippen LogP contribution in [0, 0.1) is 5.92 Å². The molecule has 0 aromatic carbocycles. The second-order valence-electron chi connectivity index (χ2n) is 3.46. The van der Waals surface area contributed by atoms with Crippen molar-refractivity contribution in [2.75, 3.05) is 0 Å². The van der Waals surface area contributed by atoms with Gasteiger partial charge in [-0.2, -0.15) is 0 Å². The fraction of sp³-hybridized carbons (Fsp3) is 0.889. The van der Waals surface area contributed by atoms with Crippen molar-refractivity contribution in [3.63, 3.8) is 0 Å². The number of hydrogen-bond acceptors (Lipinski definition) is 1. The zero-order valence-electron chi connectivity index (χ0n) is 7.60. The number of amides is 1. The first-order chi connectivity index (χ1) is 5.13. The van der Waals surface area contributed by atoms with Crippen LogP contribution in [-0.4, -0.2) is 5.91 Å². The minimum atomic E-state index is -0.172. The standard InChI is InChI=1S/C9H19NO.H2/c1-8(2)6-4-3-5-7-9(10)11;/h8H,3-7H2,1-2H3,(H2,10,11);1H. The average molecular weight is 159 g/mol. The van der Waals surface area contributed by atoms with E-state index in [-0.39, 0.29) is 7.33 Å². The summed E-state index contributed by atoms with van der Waals surface area (Å²) in [6.45, 7) is 4.43. The summed E-state index contributed by atoms with van der Waals surface area (Å²) in [5.74, 6) is 0.609. The van der Waals surface area contributed by atoms with Crippen LogP contribution in [0.1, 0.15) is 47.4 Å². The maximum absolute atomic E-state index is 10.3. The van der Waals surface area contributed by atoms with E-state index in [1.54, 1.807) is 0 Å². The third-order valence-corrected chi connectivity index (χ3v) is 1.70. The Kier molecular flexibility index (Phi) is 5.90. The molecule has 0 rings (SSSR count). The summed E-state index contributed by atoms with van der Waals surface area (Å²) >= 11 is 0. The molecule has 0 atom stereocenters. The van der Waals surface area contributed by atoms with Gasteiger partial charge < -0.3 is 5.73 Å². The van der Waals surface area contributed by atoms with Crippen LogP contribution >= 0.6 is 0 Å². The Hall–Kier alpha value is -0.530. The van der Waals surface area contributed by atoms with Crippen LogP contribution in [0.2, 0.25) is 0 Å². The van der Waals surface area contributed by atoms with E-state index in [2.05, 4.69) is 13.8 Å². The summed E-state index contributed by atoms with van der Waals surface area (Å²) < 4.78 is 0. The van der Waals surface area contributed by atoms with Crippen molar-refractivity contribution >= 4 is 5.91 Å². The van der Waals surface area contributed by atoms with Gasteiger partial charge in [0, 0.05) is 7.85 Å². The molecule has 0 spiro atoms. The largest absolute Gasteiger partial charge is 0.370 e. The summed E-state index contributed by atoms with van der Waals surface area (Å²) in [4.78, 5) is 10.3. The van der Waals surface area contributed by atoms with Crippen molar-refractivity contribution in [3.05, 3.63) is 0 Å². The van der Waals surface area contributed by atoms with Crippen LogP contribution in [0.25, 0.3) is 0 Å². The minimum Gasteiger partial charge on any atom is -0.370 e. The summed E-state index contributed by atoms with van der Waals surface area (Å²) in [6, 6.07) is 0. The van der Waals surface area contributed by atoms with Gasteiger partial charge in [0.15, 0.2) is 0 Å². The second kappa shape index (κ2) is 6.20. The first-order valence-corrected chi connectivity index (χ1v) is 4.41. The SMILES string of the molecule is CC(C)CCCCCC(N)=O.[HH]. The third-order valence-electron chi connectivity index (χ3n) is 1.70. The van der Waals surface area contributed by atoms with E-state index < -0.39 is 0 Å². The molecule has 68 valence electrons. The lowest BCUT2D eigenvalue weighted by Crippen LogP contribution is -2.09. The Morgan fingerprint density at radius 1 is 1.36 bits per heavy atom. The average Bonchev–Trinajstić information content (AvgIpc) is 1.85. The van der Waals surface area contributed by atoms with Crippen molar-refractivity contribution in [2.45, 2.75) is 46.0 Å². The summed E-state index contributed by atoms with van der Waals surface area (Å²) in [5.41, 5.74) is 5.00. The lowest BCUT2D eigenvalue weighted by molar-refractivity contribution is -0.118. The third kappa shape index (κ3) is 9.47. The topological polar surface area (TPSA) is 43.1 Å². The van der Waals surface area contributed by atoms with Gasteiger partial charge in [-0.05, 0) is 12.3 Å². The number of rotatable bonds is 6. The van der Waals surface area contributed by atoms with Crippen LogP contribution in [-0.2, 0) is 4.79 Å². The van der Waals surface area contributed by atoms with Crippen molar-refractivity contribution in [2.24, 2.45) is 11.7 Å². The number of hydrogen-bond donors (Lipinski definition) is 1. The van der Waals surface area contributed by atoms with Crippen molar-refractivity contribution in [1.82, 2.24) is 0 Å². The summed E-state index contributed by atoms with van der Waals surface area (Å²) in [7, 11) is 0. The molecule has 0 saturated heterocycles. The van der Waals surface area contributed by atoms with E-state index in [1.807, 2.05) is 0 Å². The van der Waals surface area contributed by atoms with E-state index >= 15 is 0 Å². The number of carbonyl (C=O) groups is 1. The molecule has 1 amide bonds. The molecule has 0 aliphatic rings. The number of unbranched alkanes of at least 4 members (excludes halogenated alkanes) is 2. The quantitative estimate of drug-likeness (QED) is 0.594. The monoisotopic (exact) mass is 159 g/mol. The van der Waals surface area contributed by atoms with E-state index in [0.717, 1.165) is 18.8 Å².